The standard InChI is InChI=1S/C17H26N4O2S.2ClH/c1-3-18-9-10-19-15(22)14-7-6-8-20-16(14)24-13(2)17(23)21-11-4-5-12-21;;/h6-8,13,18H,3-5,9-12H2,1-2H3,(H,19,22);2*1H. The lowest BCUT2D eigenvalue weighted by Gasteiger charge is -2.20. The van der Waals surface area contributed by atoms with Crippen molar-refractivity contribution in [2.45, 2.75) is 37.0 Å². The lowest BCUT2D eigenvalue weighted by molar-refractivity contribution is -0.129. The van der Waals surface area contributed by atoms with Crippen molar-refractivity contribution in [1.82, 2.24) is 20.5 Å². The van der Waals surface area contributed by atoms with E-state index in [0.717, 1.165) is 39.0 Å². The van der Waals surface area contributed by atoms with Crippen molar-refractivity contribution in [2.24, 2.45) is 0 Å². The minimum Gasteiger partial charge on any atom is -0.351 e. The van der Waals surface area contributed by atoms with Gasteiger partial charge in [0.05, 0.1) is 10.8 Å². The first-order valence-corrected chi connectivity index (χ1v) is 9.40. The van der Waals surface area contributed by atoms with E-state index < -0.39 is 0 Å². The van der Waals surface area contributed by atoms with Gasteiger partial charge >= 0.3 is 0 Å². The molecule has 1 aliphatic heterocycles. The summed E-state index contributed by atoms with van der Waals surface area (Å²) in [5, 5.41) is 6.41. The topological polar surface area (TPSA) is 74.3 Å². The number of nitrogens with zero attached hydrogens (tertiary/aromatic N) is 2. The van der Waals surface area contributed by atoms with Gasteiger partial charge in [-0.3, -0.25) is 9.59 Å². The van der Waals surface area contributed by atoms with Gasteiger partial charge in [-0.05, 0) is 38.4 Å². The number of amides is 2. The summed E-state index contributed by atoms with van der Waals surface area (Å²) < 4.78 is 0. The largest absolute Gasteiger partial charge is 0.351 e. The number of carbonyl (C=O) groups is 2. The number of likely N-dealkylation sites (tertiary alicyclic amines) is 1. The van der Waals surface area contributed by atoms with Gasteiger partial charge in [0.25, 0.3) is 5.91 Å². The molecular weight excluding hydrogens is 395 g/mol. The Labute approximate surface area is 172 Å². The maximum atomic E-state index is 12.4. The van der Waals surface area contributed by atoms with Gasteiger partial charge in [-0.1, -0.05) is 18.7 Å². The van der Waals surface area contributed by atoms with Crippen molar-refractivity contribution in [3.05, 3.63) is 23.9 Å². The summed E-state index contributed by atoms with van der Waals surface area (Å²) >= 11 is 1.36. The molecule has 0 aromatic carbocycles. The molecule has 1 fully saturated rings. The molecule has 0 bridgehead atoms. The third-order valence-corrected chi connectivity index (χ3v) is 5.01. The molecule has 0 radical (unpaired) electrons. The zero-order valence-electron chi connectivity index (χ0n) is 15.2. The molecule has 26 heavy (non-hydrogen) atoms. The molecule has 2 N–H and O–H groups in total. The van der Waals surface area contributed by atoms with Gasteiger partial charge in [0, 0.05) is 32.4 Å². The van der Waals surface area contributed by atoms with E-state index in [0.29, 0.717) is 17.1 Å². The van der Waals surface area contributed by atoms with Crippen molar-refractivity contribution in [2.75, 3.05) is 32.7 Å². The van der Waals surface area contributed by atoms with E-state index in [9.17, 15) is 9.59 Å². The lowest BCUT2D eigenvalue weighted by atomic mass is 10.2. The first-order valence-electron chi connectivity index (χ1n) is 8.53. The van der Waals surface area contributed by atoms with Gasteiger partial charge in [-0.15, -0.1) is 24.8 Å². The number of thioether (sulfide) groups is 1. The second-order valence-corrected chi connectivity index (χ2v) is 7.09. The first-order chi connectivity index (χ1) is 11.6. The molecule has 9 heteroatoms. The summed E-state index contributed by atoms with van der Waals surface area (Å²) in [6, 6.07) is 3.50. The van der Waals surface area contributed by atoms with Crippen LogP contribution in [0, 0.1) is 0 Å². The summed E-state index contributed by atoms with van der Waals surface area (Å²) in [5.41, 5.74) is 0.528. The van der Waals surface area contributed by atoms with Gasteiger partial charge in [0.2, 0.25) is 5.91 Å². The minimum absolute atomic E-state index is 0. The number of likely N-dealkylation sites (N-methyl/N-ethyl adjacent to an activating group) is 1. The van der Waals surface area contributed by atoms with Gasteiger partial charge in [-0.25, -0.2) is 4.98 Å². The number of aromatic nitrogens is 1. The van der Waals surface area contributed by atoms with Gasteiger partial charge in [0.1, 0.15) is 5.03 Å². The van der Waals surface area contributed by atoms with Crippen molar-refractivity contribution < 1.29 is 9.59 Å². The van der Waals surface area contributed by atoms with E-state index in [1.165, 1.54) is 11.8 Å². The zero-order valence-corrected chi connectivity index (χ0v) is 17.6. The highest BCUT2D eigenvalue weighted by molar-refractivity contribution is 8.00. The molecule has 148 valence electrons. The summed E-state index contributed by atoms with van der Waals surface area (Å²) in [6.07, 6.45) is 3.81. The average molecular weight is 423 g/mol. The Morgan fingerprint density at radius 1 is 1.27 bits per heavy atom. The molecule has 1 atom stereocenters. The number of pyridine rings is 1. The fraction of sp³-hybridized carbons (Fsp3) is 0.588. The van der Waals surface area contributed by atoms with E-state index in [-0.39, 0.29) is 41.9 Å². The van der Waals surface area contributed by atoms with Crippen molar-refractivity contribution >= 4 is 48.4 Å². The van der Waals surface area contributed by atoms with Crippen LogP contribution in [0.5, 0.6) is 0 Å². The van der Waals surface area contributed by atoms with Gasteiger partial charge < -0.3 is 15.5 Å². The van der Waals surface area contributed by atoms with Gasteiger partial charge in [0.15, 0.2) is 0 Å². The Bertz CT molecular complexity index is 571. The van der Waals surface area contributed by atoms with Crippen LogP contribution in [0.1, 0.15) is 37.0 Å². The molecule has 0 saturated carbocycles. The van der Waals surface area contributed by atoms with Crippen LogP contribution < -0.4 is 10.6 Å². The highest BCUT2D eigenvalue weighted by Gasteiger charge is 2.25. The molecule has 2 heterocycles. The molecule has 2 amide bonds. The highest BCUT2D eigenvalue weighted by Crippen LogP contribution is 2.26. The Balaban J connectivity index is 0.00000312. The molecule has 1 aromatic rings. The lowest BCUT2D eigenvalue weighted by Crippen LogP contribution is -2.34. The molecule has 0 aliphatic carbocycles. The SMILES string of the molecule is CCNCCNC(=O)c1cccnc1SC(C)C(=O)N1CCCC1.Cl.Cl. The van der Waals surface area contributed by atoms with Crippen LogP contribution in [-0.2, 0) is 4.79 Å². The number of nitrogens with one attached hydrogen (secondary N) is 2. The molecule has 6 nitrogen and oxygen atoms in total. The average Bonchev–Trinajstić information content (AvgIpc) is 3.13. The number of halogens is 2. The third-order valence-electron chi connectivity index (χ3n) is 3.91. The quantitative estimate of drug-likeness (QED) is 0.496. The van der Waals surface area contributed by atoms with Gasteiger partial charge in [-0.2, -0.15) is 0 Å². The van der Waals surface area contributed by atoms with Crippen LogP contribution in [0.4, 0.5) is 0 Å². The number of rotatable bonds is 8. The number of hydrogen-bond acceptors (Lipinski definition) is 5. The predicted octanol–water partition coefficient (Wildman–Crippen LogP) is 2.37. The van der Waals surface area contributed by atoms with E-state index in [1.54, 1.807) is 18.3 Å². The summed E-state index contributed by atoms with van der Waals surface area (Å²) in [6.45, 7) is 7.75. The number of hydrogen-bond donors (Lipinski definition) is 2. The van der Waals surface area contributed by atoms with Crippen LogP contribution >= 0.6 is 36.6 Å². The fourth-order valence-electron chi connectivity index (χ4n) is 2.61. The first kappa shape index (κ1) is 25.0. The summed E-state index contributed by atoms with van der Waals surface area (Å²) in [7, 11) is 0. The fourth-order valence-corrected chi connectivity index (χ4v) is 3.60. The highest BCUT2D eigenvalue weighted by atomic mass is 35.5. The van der Waals surface area contributed by atoms with E-state index in [1.807, 2.05) is 18.7 Å². The molecule has 1 aromatic heterocycles. The Hall–Kier alpha value is -1.02. The molecule has 1 aliphatic rings. The summed E-state index contributed by atoms with van der Waals surface area (Å²) in [5.74, 6) is -0.0222. The van der Waals surface area contributed by atoms with Crippen molar-refractivity contribution in [3.63, 3.8) is 0 Å². The smallest absolute Gasteiger partial charge is 0.254 e. The Morgan fingerprint density at radius 2 is 1.96 bits per heavy atom. The maximum absolute atomic E-state index is 12.4. The van der Waals surface area contributed by atoms with E-state index >= 15 is 0 Å². The van der Waals surface area contributed by atoms with E-state index in [2.05, 4.69) is 15.6 Å². The van der Waals surface area contributed by atoms with Crippen LogP contribution in [-0.4, -0.2) is 59.7 Å². The Kier molecular flexibility index (Phi) is 12.7. The monoisotopic (exact) mass is 422 g/mol. The molecule has 1 unspecified atom stereocenters. The molecule has 0 spiro atoms. The van der Waals surface area contributed by atoms with Crippen molar-refractivity contribution in [1.29, 1.82) is 0 Å². The normalized spacial score (nSPS) is 14.2. The zero-order chi connectivity index (χ0) is 17.4. The van der Waals surface area contributed by atoms with Crippen molar-refractivity contribution in [3.8, 4) is 0 Å². The maximum Gasteiger partial charge on any atom is 0.254 e. The molecule has 1 saturated heterocycles. The minimum atomic E-state index is -0.244. The molecular formula is C17H28Cl2N4O2S. The van der Waals surface area contributed by atoms with Crippen LogP contribution in [0.15, 0.2) is 23.4 Å². The Morgan fingerprint density at radius 3 is 2.62 bits per heavy atom. The summed E-state index contributed by atoms with van der Waals surface area (Å²) in [4.78, 5) is 31.0. The van der Waals surface area contributed by atoms with Crippen LogP contribution in [0.2, 0.25) is 0 Å². The second kappa shape index (κ2) is 13.2. The van der Waals surface area contributed by atoms with Crippen LogP contribution in [0.3, 0.4) is 0 Å². The van der Waals surface area contributed by atoms with E-state index in [4.69, 9.17) is 0 Å². The third kappa shape index (κ3) is 7.31. The predicted molar refractivity (Wildman–Crippen MR) is 111 cm³/mol. The molecule has 2 rings (SSSR count). The van der Waals surface area contributed by atoms with Crippen LogP contribution in [0.25, 0.3) is 0 Å². The number of carbonyl (C=O) groups excluding carboxylic acids is 2. The second-order valence-electron chi connectivity index (χ2n) is 5.76.